The van der Waals surface area contributed by atoms with Crippen LogP contribution in [0.3, 0.4) is 0 Å². The lowest BCUT2D eigenvalue weighted by Gasteiger charge is -2.26. The van der Waals surface area contributed by atoms with E-state index in [9.17, 15) is 4.79 Å². The number of carbonyl (C=O) groups excluding carboxylic acids is 1. The predicted molar refractivity (Wildman–Crippen MR) is 118 cm³/mol. The van der Waals surface area contributed by atoms with Crippen LogP contribution in [0.5, 0.6) is 0 Å². The van der Waals surface area contributed by atoms with Crippen LogP contribution in [0.4, 0.5) is 5.69 Å². The molecular formula is C22H27ClN4O2. The summed E-state index contributed by atoms with van der Waals surface area (Å²) in [5.41, 5.74) is 3.01. The molecule has 7 heteroatoms. The van der Waals surface area contributed by atoms with Crippen LogP contribution in [0.2, 0.25) is 5.02 Å². The van der Waals surface area contributed by atoms with Crippen LogP contribution < -0.4 is 16.0 Å². The molecule has 29 heavy (non-hydrogen) atoms. The van der Waals surface area contributed by atoms with Crippen molar-refractivity contribution in [1.82, 2.24) is 10.6 Å². The summed E-state index contributed by atoms with van der Waals surface area (Å²) in [7, 11) is 1.67. The quantitative estimate of drug-likeness (QED) is 0.477. The van der Waals surface area contributed by atoms with Gasteiger partial charge in [-0.2, -0.15) is 0 Å². The van der Waals surface area contributed by atoms with E-state index >= 15 is 0 Å². The van der Waals surface area contributed by atoms with Crippen molar-refractivity contribution in [1.29, 1.82) is 0 Å². The predicted octanol–water partition coefficient (Wildman–Crippen LogP) is 3.71. The summed E-state index contributed by atoms with van der Waals surface area (Å²) in [4.78, 5) is 16.7. The fraction of sp³-hybridized carbons (Fsp3) is 0.364. The number of guanidine groups is 1. The van der Waals surface area contributed by atoms with Gasteiger partial charge >= 0.3 is 0 Å². The maximum Gasteiger partial charge on any atom is 0.225 e. The molecule has 0 aliphatic carbocycles. The van der Waals surface area contributed by atoms with E-state index in [0.29, 0.717) is 30.5 Å². The zero-order valence-electron chi connectivity index (χ0n) is 16.7. The number of hydrogen-bond donors (Lipinski definition) is 3. The van der Waals surface area contributed by atoms with Crippen molar-refractivity contribution in [3.63, 3.8) is 0 Å². The molecule has 2 unspecified atom stereocenters. The molecule has 1 aliphatic rings. The minimum Gasteiger partial charge on any atom is -0.375 e. The number of methoxy groups -OCH3 is 1. The lowest BCUT2D eigenvalue weighted by Crippen LogP contribution is -2.41. The molecule has 0 radical (unpaired) electrons. The Morgan fingerprint density at radius 2 is 2.10 bits per heavy atom. The Kier molecular flexibility index (Phi) is 7.49. The molecule has 2 aromatic rings. The largest absolute Gasteiger partial charge is 0.375 e. The molecular weight excluding hydrogens is 388 g/mol. The zero-order valence-corrected chi connectivity index (χ0v) is 17.5. The third-order valence-corrected chi connectivity index (χ3v) is 5.12. The van der Waals surface area contributed by atoms with E-state index in [2.05, 4.69) is 27.0 Å². The number of nitrogens with one attached hydrogen (secondary N) is 3. The van der Waals surface area contributed by atoms with Crippen LogP contribution in [0, 0.1) is 0 Å². The highest BCUT2D eigenvalue weighted by atomic mass is 35.5. The van der Waals surface area contributed by atoms with Crippen LogP contribution in [0.15, 0.2) is 53.5 Å². The number of aliphatic imine (C=N–C) groups is 1. The van der Waals surface area contributed by atoms with Gasteiger partial charge in [0.05, 0.1) is 6.54 Å². The van der Waals surface area contributed by atoms with Crippen molar-refractivity contribution in [2.24, 2.45) is 4.99 Å². The number of amides is 1. The van der Waals surface area contributed by atoms with E-state index in [1.54, 1.807) is 7.11 Å². The van der Waals surface area contributed by atoms with Crippen LogP contribution in [-0.4, -0.2) is 38.6 Å². The third-order valence-electron chi connectivity index (χ3n) is 4.89. The summed E-state index contributed by atoms with van der Waals surface area (Å²) in [6, 6.07) is 15.5. The number of nitrogens with zero attached hydrogens (tertiary/aromatic N) is 1. The van der Waals surface area contributed by atoms with Gasteiger partial charge in [-0.05, 0) is 36.2 Å². The third kappa shape index (κ3) is 5.71. The number of rotatable bonds is 7. The Hall–Kier alpha value is -2.57. The van der Waals surface area contributed by atoms with Crippen molar-refractivity contribution in [2.75, 3.05) is 32.1 Å². The molecule has 6 nitrogen and oxygen atoms in total. The topological polar surface area (TPSA) is 74.8 Å². The van der Waals surface area contributed by atoms with Crippen LogP contribution in [-0.2, 0) is 9.53 Å². The Balaban J connectivity index is 1.67. The number of carbonyl (C=O) groups is 1. The highest BCUT2D eigenvalue weighted by Gasteiger charge is 2.24. The second-order valence-electron chi connectivity index (χ2n) is 6.92. The van der Waals surface area contributed by atoms with Crippen LogP contribution >= 0.6 is 11.6 Å². The van der Waals surface area contributed by atoms with E-state index in [4.69, 9.17) is 16.3 Å². The molecule has 0 saturated heterocycles. The first-order chi connectivity index (χ1) is 14.1. The van der Waals surface area contributed by atoms with Gasteiger partial charge in [0.15, 0.2) is 5.96 Å². The summed E-state index contributed by atoms with van der Waals surface area (Å²) in [5.74, 6) is 0.827. The van der Waals surface area contributed by atoms with Gasteiger partial charge in [0.25, 0.3) is 0 Å². The molecule has 0 fully saturated rings. The molecule has 1 aliphatic heterocycles. The number of anilines is 1. The first-order valence-corrected chi connectivity index (χ1v) is 10.2. The Morgan fingerprint density at radius 1 is 1.28 bits per heavy atom. The van der Waals surface area contributed by atoms with E-state index in [0.717, 1.165) is 23.4 Å². The molecule has 0 saturated carbocycles. The van der Waals surface area contributed by atoms with Gasteiger partial charge in [-0.3, -0.25) is 9.79 Å². The van der Waals surface area contributed by atoms with Gasteiger partial charge in [-0.25, -0.2) is 0 Å². The molecule has 154 valence electrons. The Labute approximate surface area is 176 Å². The number of fused-ring (bicyclic) bond motifs is 1. The minimum atomic E-state index is -0.189. The van der Waals surface area contributed by atoms with E-state index in [-0.39, 0.29) is 17.9 Å². The average Bonchev–Trinajstić information content (AvgIpc) is 2.72. The first-order valence-electron chi connectivity index (χ1n) is 9.80. The number of benzene rings is 2. The summed E-state index contributed by atoms with van der Waals surface area (Å²) in [6.45, 7) is 3.83. The molecule has 0 spiro atoms. The normalized spacial score (nSPS) is 17.3. The summed E-state index contributed by atoms with van der Waals surface area (Å²) in [6.07, 6.45) is 0.262. The van der Waals surface area contributed by atoms with Crippen molar-refractivity contribution < 1.29 is 9.53 Å². The first kappa shape index (κ1) is 21.1. The molecule has 1 heterocycles. The molecule has 3 N–H and O–H groups in total. The monoisotopic (exact) mass is 414 g/mol. The fourth-order valence-electron chi connectivity index (χ4n) is 3.44. The fourth-order valence-corrected chi connectivity index (χ4v) is 3.64. The number of halogens is 1. The van der Waals surface area contributed by atoms with Gasteiger partial charge < -0.3 is 20.7 Å². The van der Waals surface area contributed by atoms with Crippen molar-refractivity contribution >= 4 is 29.2 Å². The Morgan fingerprint density at radius 3 is 2.86 bits per heavy atom. The van der Waals surface area contributed by atoms with Gasteiger partial charge in [0.1, 0.15) is 6.10 Å². The van der Waals surface area contributed by atoms with Gasteiger partial charge in [0, 0.05) is 43.2 Å². The molecule has 0 aromatic heterocycles. The molecule has 2 atom stereocenters. The number of hydrogen-bond acceptors (Lipinski definition) is 3. The zero-order chi connectivity index (χ0) is 20.6. The molecule has 2 aromatic carbocycles. The average molecular weight is 415 g/mol. The van der Waals surface area contributed by atoms with E-state index in [1.807, 2.05) is 49.4 Å². The molecule has 1 amide bonds. The second-order valence-corrected chi connectivity index (χ2v) is 7.35. The maximum absolute atomic E-state index is 12.0. The summed E-state index contributed by atoms with van der Waals surface area (Å²) < 4.78 is 5.60. The lowest BCUT2D eigenvalue weighted by molar-refractivity contribution is -0.116. The van der Waals surface area contributed by atoms with Gasteiger partial charge in [-0.15, -0.1) is 0 Å². The van der Waals surface area contributed by atoms with Crippen molar-refractivity contribution in [2.45, 2.75) is 25.4 Å². The highest BCUT2D eigenvalue weighted by molar-refractivity contribution is 6.30. The van der Waals surface area contributed by atoms with E-state index < -0.39 is 0 Å². The second kappa shape index (κ2) is 10.3. The van der Waals surface area contributed by atoms with Gasteiger partial charge in [0.2, 0.25) is 5.91 Å². The van der Waals surface area contributed by atoms with Gasteiger partial charge in [-0.1, -0.05) is 41.9 Å². The molecule has 0 bridgehead atoms. The lowest BCUT2D eigenvalue weighted by atomic mass is 9.90. The summed E-state index contributed by atoms with van der Waals surface area (Å²) >= 11 is 6.10. The van der Waals surface area contributed by atoms with Crippen molar-refractivity contribution in [3.8, 4) is 0 Å². The Bertz CT molecular complexity index is 871. The molecule has 3 rings (SSSR count). The minimum absolute atomic E-state index is 0.0397. The van der Waals surface area contributed by atoms with Crippen molar-refractivity contribution in [3.05, 3.63) is 64.7 Å². The maximum atomic E-state index is 12.0. The number of para-hydroxylation sites is 1. The standard InChI is InChI=1S/C22H27ClN4O2/c1-3-24-22(26-14-20(29-2)15-7-6-8-17(23)11-15)25-13-16-12-21(28)27-19-10-5-4-9-18(16)19/h4-11,16,20H,3,12-14H2,1-2H3,(H,27,28)(H2,24,25,26). The summed E-state index contributed by atoms with van der Waals surface area (Å²) in [5, 5.41) is 10.2. The SMILES string of the molecule is CCNC(=NCC(OC)c1cccc(Cl)c1)NCC1CC(=O)Nc2ccccc21. The highest BCUT2D eigenvalue weighted by Crippen LogP contribution is 2.31. The smallest absolute Gasteiger partial charge is 0.225 e. The number of ether oxygens (including phenoxy) is 1. The van der Waals surface area contributed by atoms with Crippen LogP contribution in [0.25, 0.3) is 0 Å². The van der Waals surface area contributed by atoms with E-state index in [1.165, 1.54) is 0 Å². The van der Waals surface area contributed by atoms with Crippen LogP contribution in [0.1, 0.15) is 36.5 Å².